The Labute approximate surface area is 220 Å². The number of hydrogen-bond acceptors (Lipinski definition) is 8. The van der Waals surface area contributed by atoms with Crippen LogP contribution in [0, 0.1) is 26.0 Å². The quantitative estimate of drug-likeness (QED) is 0.222. The average molecular weight is 549 g/mol. The maximum absolute atomic E-state index is 12.4. The normalized spacial score (nSPS) is 9.73. The Bertz CT molecular complexity index is 1320. The first-order valence-electron chi connectivity index (χ1n) is 10.3. The zero-order valence-corrected chi connectivity index (χ0v) is 20.4. The van der Waals surface area contributed by atoms with Crippen LogP contribution in [0.4, 0.5) is 15.8 Å². The number of rotatable bonds is 6. The second-order valence-electron chi connectivity index (χ2n) is 6.82. The van der Waals surface area contributed by atoms with Crippen LogP contribution in [0.1, 0.15) is 11.4 Å². The van der Waals surface area contributed by atoms with Gasteiger partial charge >= 0.3 is 0 Å². The molecule has 2 aromatic carbocycles. The Morgan fingerprint density at radius 2 is 1.35 bits per heavy atom. The second kappa shape index (κ2) is 15.0. The van der Waals surface area contributed by atoms with Gasteiger partial charge in [-0.05, 0) is 36.4 Å². The van der Waals surface area contributed by atoms with Gasteiger partial charge in [-0.1, -0.05) is 35.3 Å². The summed E-state index contributed by atoms with van der Waals surface area (Å²) in [6.45, 7) is 0.291. The Balaban J connectivity index is 0.000000215. The number of aromatic nitrogens is 2. The highest BCUT2D eigenvalue weighted by Gasteiger charge is 2.10. The molecule has 0 saturated carbocycles. The van der Waals surface area contributed by atoms with Gasteiger partial charge in [-0.2, -0.15) is 0 Å². The standard InChI is InChI=1S/C12H9ClN2O3.C6H3ClFNO2.C6H7NO/c13-11-7-10(15(16)17)4-5-12(11)18-8-9-3-1-2-6-14-9;7-5-3-4(9(10)11)1-2-6(5)8;8-5-6-3-1-2-4-7-6/h1-7H,8H2;1-3H;1-4,8H,5H2. The number of benzene rings is 2. The van der Waals surface area contributed by atoms with Gasteiger partial charge in [-0.15, -0.1) is 0 Å². The van der Waals surface area contributed by atoms with Gasteiger partial charge in [0.2, 0.25) is 0 Å². The number of nitro benzene ring substituents is 2. The van der Waals surface area contributed by atoms with Crippen molar-refractivity contribution in [2.24, 2.45) is 0 Å². The van der Waals surface area contributed by atoms with Crippen molar-refractivity contribution in [3.8, 4) is 5.75 Å². The van der Waals surface area contributed by atoms with Crippen LogP contribution in [0.2, 0.25) is 10.0 Å². The molecular formula is C24H19Cl2FN4O6. The van der Waals surface area contributed by atoms with Crippen molar-refractivity contribution in [2.75, 3.05) is 0 Å². The zero-order chi connectivity index (χ0) is 27.2. The molecule has 2 aromatic heterocycles. The number of non-ortho nitro benzene ring substituents is 2. The molecule has 192 valence electrons. The van der Waals surface area contributed by atoms with Gasteiger partial charge in [0.25, 0.3) is 11.4 Å². The van der Waals surface area contributed by atoms with E-state index >= 15 is 0 Å². The molecule has 10 nitrogen and oxygen atoms in total. The SMILES string of the molecule is O=[N+]([O-])c1ccc(F)c(Cl)c1.O=[N+]([O-])c1ccc(OCc2ccccn2)c(Cl)c1.OCc1ccccn1. The van der Waals surface area contributed by atoms with E-state index in [-0.39, 0.29) is 34.6 Å². The molecule has 37 heavy (non-hydrogen) atoms. The van der Waals surface area contributed by atoms with Crippen LogP contribution in [-0.4, -0.2) is 24.9 Å². The largest absolute Gasteiger partial charge is 0.486 e. The number of pyridine rings is 2. The van der Waals surface area contributed by atoms with Crippen LogP contribution in [-0.2, 0) is 13.2 Å². The van der Waals surface area contributed by atoms with Crippen LogP contribution in [0.5, 0.6) is 5.75 Å². The number of aliphatic hydroxyl groups is 1. The van der Waals surface area contributed by atoms with Crippen molar-refractivity contribution in [3.05, 3.63) is 133 Å². The smallest absolute Gasteiger partial charge is 0.271 e. The molecule has 0 atom stereocenters. The van der Waals surface area contributed by atoms with E-state index in [2.05, 4.69) is 9.97 Å². The van der Waals surface area contributed by atoms with Crippen molar-refractivity contribution in [3.63, 3.8) is 0 Å². The number of nitro groups is 2. The fourth-order valence-electron chi connectivity index (χ4n) is 2.45. The predicted molar refractivity (Wildman–Crippen MR) is 135 cm³/mol. The zero-order valence-electron chi connectivity index (χ0n) is 18.9. The first-order valence-corrected chi connectivity index (χ1v) is 11.0. The summed E-state index contributed by atoms with van der Waals surface area (Å²) in [5.74, 6) is -0.259. The summed E-state index contributed by atoms with van der Waals surface area (Å²) in [4.78, 5) is 27.4. The highest BCUT2D eigenvalue weighted by Crippen LogP contribution is 2.29. The predicted octanol–water partition coefficient (Wildman–Crippen LogP) is 6.18. The molecule has 1 N–H and O–H groups in total. The van der Waals surface area contributed by atoms with Crippen molar-refractivity contribution in [1.82, 2.24) is 9.97 Å². The third-order valence-corrected chi connectivity index (χ3v) is 4.82. The molecule has 0 aliphatic rings. The summed E-state index contributed by atoms with van der Waals surface area (Å²) in [5.41, 5.74) is 1.20. The number of aliphatic hydroxyl groups excluding tert-OH is 1. The van der Waals surface area contributed by atoms with Gasteiger partial charge in [0, 0.05) is 36.7 Å². The van der Waals surface area contributed by atoms with Crippen LogP contribution in [0.15, 0.2) is 85.2 Å². The van der Waals surface area contributed by atoms with E-state index in [4.69, 9.17) is 33.0 Å². The minimum atomic E-state index is -0.655. The van der Waals surface area contributed by atoms with E-state index in [0.717, 1.165) is 23.9 Å². The lowest BCUT2D eigenvalue weighted by atomic mass is 10.3. The molecule has 4 aromatic rings. The summed E-state index contributed by atoms with van der Waals surface area (Å²) >= 11 is 11.2. The summed E-state index contributed by atoms with van der Waals surface area (Å²) in [6, 6.07) is 18.0. The minimum Gasteiger partial charge on any atom is -0.486 e. The van der Waals surface area contributed by atoms with E-state index in [1.165, 1.54) is 18.2 Å². The fourth-order valence-corrected chi connectivity index (χ4v) is 2.85. The molecule has 0 radical (unpaired) electrons. The summed E-state index contributed by atoms with van der Waals surface area (Å²) in [7, 11) is 0. The lowest BCUT2D eigenvalue weighted by molar-refractivity contribution is -0.385. The van der Waals surface area contributed by atoms with Gasteiger partial charge in [0.1, 0.15) is 18.2 Å². The highest BCUT2D eigenvalue weighted by molar-refractivity contribution is 6.32. The monoisotopic (exact) mass is 548 g/mol. The third kappa shape index (κ3) is 10.1. The Hall–Kier alpha value is -4.19. The average Bonchev–Trinajstić information content (AvgIpc) is 2.91. The maximum atomic E-state index is 12.4. The van der Waals surface area contributed by atoms with Crippen LogP contribution >= 0.6 is 23.2 Å². The van der Waals surface area contributed by atoms with E-state index in [1.54, 1.807) is 18.5 Å². The van der Waals surface area contributed by atoms with Gasteiger partial charge in [0.15, 0.2) is 0 Å². The molecule has 0 fully saturated rings. The van der Waals surface area contributed by atoms with Crippen LogP contribution < -0.4 is 4.74 Å². The minimum absolute atomic E-state index is 0.0286. The molecule has 0 aliphatic heterocycles. The van der Waals surface area contributed by atoms with Gasteiger partial charge in [0.05, 0.1) is 37.9 Å². The van der Waals surface area contributed by atoms with E-state index in [9.17, 15) is 24.6 Å². The molecule has 0 aliphatic carbocycles. The lowest BCUT2D eigenvalue weighted by Crippen LogP contribution is -1.98. The molecule has 13 heteroatoms. The van der Waals surface area contributed by atoms with Crippen molar-refractivity contribution < 1.29 is 24.1 Å². The van der Waals surface area contributed by atoms with Gasteiger partial charge in [-0.3, -0.25) is 30.2 Å². The Morgan fingerprint density at radius 3 is 1.78 bits per heavy atom. The van der Waals surface area contributed by atoms with E-state index in [1.807, 2.05) is 30.3 Å². The van der Waals surface area contributed by atoms with Gasteiger partial charge in [-0.25, -0.2) is 4.39 Å². The molecule has 0 bridgehead atoms. The van der Waals surface area contributed by atoms with Gasteiger partial charge < -0.3 is 9.84 Å². The van der Waals surface area contributed by atoms with Crippen molar-refractivity contribution in [2.45, 2.75) is 13.2 Å². The molecule has 0 amide bonds. The van der Waals surface area contributed by atoms with Crippen LogP contribution in [0.3, 0.4) is 0 Å². The molecular weight excluding hydrogens is 530 g/mol. The first-order chi connectivity index (χ1) is 17.7. The Morgan fingerprint density at radius 1 is 0.811 bits per heavy atom. The lowest BCUT2D eigenvalue weighted by Gasteiger charge is -2.07. The first kappa shape index (κ1) is 29.0. The number of hydrogen-bond donors (Lipinski definition) is 1. The van der Waals surface area contributed by atoms with Crippen molar-refractivity contribution >= 4 is 34.6 Å². The molecule has 0 unspecified atom stereocenters. The summed E-state index contributed by atoms with van der Waals surface area (Å²) < 4.78 is 17.8. The van der Waals surface area contributed by atoms with Crippen LogP contribution in [0.25, 0.3) is 0 Å². The van der Waals surface area contributed by atoms with E-state index < -0.39 is 15.7 Å². The highest BCUT2D eigenvalue weighted by atomic mass is 35.5. The summed E-state index contributed by atoms with van der Waals surface area (Å²) in [5, 5.41) is 29.1. The fraction of sp³-hybridized carbons (Fsp3) is 0.0833. The van der Waals surface area contributed by atoms with Crippen molar-refractivity contribution in [1.29, 1.82) is 0 Å². The summed E-state index contributed by atoms with van der Waals surface area (Å²) in [6.07, 6.45) is 3.32. The molecule has 2 heterocycles. The topological polar surface area (TPSA) is 142 Å². The molecule has 0 saturated heterocycles. The third-order valence-electron chi connectivity index (χ3n) is 4.23. The molecule has 4 rings (SSSR count). The second-order valence-corrected chi connectivity index (χ2v) is 7.63. The number of nitrogens with zero attached hydrogens (tertiary/aromatic N) is 4. The van der Waals surface area contributed by atoms with E-state index in [0.29, 0.717) is 11.4 Å². The number of halogens is 3. The number of ether oxygens (including phenoxy) is 1. The Kier molecular flexibility index (Phi) is 11.8. The molecule has 0 spiro atoms. The maximum Gasteiger partial charge on any atom is 0.271 e.